The first-order chi connectivity index (χ1) is 13.5. The Bertz CT molecular complexity index is 1030. The largest absolute Gasteiger partial charge is 0.351 e. The lowest BCUT2D eigenvalue weighted by Crippen LogP contribution is -2.28. The van der Waals surface area contributed by atoms with E-state index in [2.05, 4.69) is 21.9 Å². The fourth-order valence-corrected chi connectivity index (χ4v) is 5.34. The van der Waals surface area contributed by atoms with Gasteiger partial charge in [0.05, 0.1) is 11.4 Å². The number of hydrogen-bond donors (Lipinski definition) is 0. The van der Waals surface area contributed by atoms with Crippen molar-refractivity contribution < 1.29 is 9.32 Å². The van der Waals surface area contributed by atoms with Gasteiger partial charge in [-0.2, -0.15) is 0 Å². The first kappa shape index (κ1) is 17.9. The number of thiazole rings is 1. The maximum Gasteiger partial charge on any atom is 0.292 e. The Balaban J connectivity index is 1.39. The average Bonchev–Trinajstić information content (AvgIpc) is 3.38. The minimum Gasteiger partial charge on any atom is -0.351 e. The Morgan fingerprint density at radius 2 is 2.11 bits per heavy atom. The molecule has 1 aliphatic carbocycles. The molecule has 1 saturated carbocycles. The van der Waals surface area contributed by atoms with Crippen LogP contribution in [0.5, 0.6) is 0 Å². The van der Waals surface area contributed by atoms with Crippen molar-refractivity contribution in [1.82, 2.24) is 19.4 Å². The monoisotopic (exact) mass is 398 g/mol. The van der Waals surface area contributed by atoms with Gasteiger partial charge in [-0.3, -0.25) is 9.20 Å². The maximum atomic E-state index is 12.9. The number of amides is 1. The fourth-order valence-electron chi connectivity index (χ4n) is 4.28. The minimum atomic E-state index is -0.0565. The van der Waals surface area contributed by atoms with Gasteiger partial charge in [0.1, 0.15) is 10.7 Å². The van der Waals surface area contributed by atoms with Crippen LogP contribution in [0.1, 0.15) is 90.7 Å². The molecule has 5 rings (SSSR count). The van der Waals surface area contributed by atoms with Crippen molar-refractivity contribution >= 4 is 22.1 Å². The highest BCUT2D eigenvalue weighted by atomic mass is 32.1. The molecule has 1 unspecified atom stereocenters. The van der Waals surface area contributed by atoms with Gasteiger partial charge in [-0.05, 0) is 32.1 Å². The van der Waals surface area contributed by atoms with Crippen molar-refractivity contribution in [2.45, 2.75) is 64.2 Å². The number of carbonyl (C=O) groups excluding carboxylic acids is 1. The van der Waals surface area contributed by atoms with E-state index in [1.165, 1.54) is 41.3 Å². The van der Waals surface area contributed by atoms with Gasteiger partial charge < -0.3 is 9.42 Å². The quantitative estimate of drug-likeness (QED) is 0.638. The predicted molar refractivity (Wildman–Crippen MR) is 108 cm³/mol. The van der Waals surface area contributed by atoms with Crippen molar-refractivity contribution in [3.63, 3.8) is 0 Å². The Morgan fingerprint density at radius 1 is 1.29 bits per heavy atom. The molecule has 1 amide bonds. The van der Waals surface area contributed by atoms with Gasteiger partial charge in [0, 0.05) is 42.1 Å². The molecule has 1 atom stereocenters. The molecule has 2 aliphatic rings. The number of aromatic nitrogens is 3. The molecule has 3 aromatic heterocycles. The van der Waals surface area contributed by atoms with Crippen LogP contribution >= 0.6 is 11.3 Å². The molecule has 0 N–H and O–H groups in total. The van der Waals surface area contributed by atoms with Crippen LogP contribution in [0, 0.1) is 6.92 Å². The third-order valence-corrected chi connectivity index (χ3v) is 7.32. The summed E-state index contributed by atoms with van der Waals surface area (Å²) >= 11 is 1.78. The first-order valence-electron chi connectivity index (χ1n) is 10.2. The van der Waals surface area contributed by atoms with Crippen molar-refractivity contribution in [3.8, 4) is 0 Å². The van der Waals surface area contributed by atoms with Gasteiger partial charge in [-0.1, -0.05) is 25.4 Å². The second-order valence-corrected chi connectivity index (χ2v) is 9.37. The van der Waals surface area contributed by atoms with Crippen LogP contribution in [0.15, 0.2) is 16.0 Å². The predicted octanol–water partition coefficient (Wildman–Crippen LogP) is 4.71. The van der Waals surface area contributed by atoms with Crippen LogP contribution in [-0.4, -0.2) is 38.4 Å². The molecule has 6 nitrogen and oxygen atoms in total. The molecule has 1 saturated heterocycles. The van der Waals surface area contributed by atoms with Crippen molar-refractivity contribution in [2.24, 2.45) is 0 Å². The smallest absolute Gasteiger partial charge is 0.292 e. The molecule has 0 bridgehead atoms. The number of likely N-dealkylation sites (tertiary alicyclic amines) is 1. The highest BCUT2D eigenvalue weighted by Crippen LogP contribution is 2.41. The second kappa shape index (κ2) is 6.72. The van der Waals surface area contributed by atoms with E-state index in [4.69, 9.17) is 9.51 Å². The fraction of sp³-hybridized carbons (Fsp3) is 0.571. The Labute approximate surface area is 168 Å². The summed E-state index contributed by atoms with van der Waals surface area (Å²) < 4.78 is 7.67. The minimum absolute atomic E-state index is 0.0565. The van der Waals surface area contributed by atoms with Crippen molar-refractivity contribution in [1.29, 1.82) is 0 Å². The molecular formula is C21H26N4O2S. The highest BCUT2D eigenvalue weighted by Gasteiger charge is 2.35. The zero-order valence-corrected chi connectivity index (χ0v) is 17.5. The third kappa shape index (κ3) is 2.79. The third-order valence-electron chi connectivity index (χ3n) is 6.24. The number of hydrogen-bond acceptors (Lipinski definition) is 5. The molecule has 4 heterocycles. The molecule has 28 heavy (non-hydrogen) atoms. The Hall–Kier alpha value is -2.15. The van der Waals surface area contributed by atoms with Crippen LogP contribution in [0.25, 0.3) is 4.83 Å². The molecule has 3 aromatic rings. The molecule has 148 valence electrons. The molecule has 0 spiro atoms. The lowest BCUT2D eigenvalue weighted by atomic mass is 9.85. The maximum absolute atomic E-state index is 12.9. The van der Waals surface area contributed by atoms with Crippen molar-refractivity contribution in [2.75, 3.05) is 13.1 Å². The normalized spacial score (nSPS) is 20.4. The molecule has 0 radical (unpaired) electrons. The zero-order chi connectivity index (χ0) is 19.4. The molecular weight excluding hydrogens is 372 g/mol. The average molecular weight is 399 g/mol. The second-order valence-electron chi connectivity index (χ2n) is 8.51. The van der Waals surface area contributed by atoms with E-state index in [1.807, 2.05) is 18.7 Å². The summed E-state index contributed by atoms with van der Waals surface area (Å²) in [6.45, 7) is 7.70. The summed E-state index contributed by atoms with van der Waals surface area (Å²) in [6.07, 6.45) is 4.74. The van der Waals surface area contributed by atoms with E-state index in [0.29, 0.717) is 24.1 Å². The number of rotatable bonds is 4. The SMILES string of the molecule is Cc1csc2c(C3CCN(C(=O)c4cc(C(C)C)no4)C3)nc(C3CCC3)n12. The molecule has 2 fully saturated rings. The zero-order valence-electron chi connectivity index (χ0n) is 16.6. The number of imidazole rings is 1. The van der Waals surface area contributed by atoms with Crippen molar-refractivity contribution in [3.05, 3.63) is 40.1 Å². The van der Waals surface area contributed by atoms with E-state index < -0.39 is 0 Å². The highest BCUT2D eigenvalue weighted by molar-refractivity contribution is 7.15. The van der Waals surface area contributed by atoms with Gasteiger partial charge in [0.15, 0.2) is 0 Å². The van der Waals surface area contributed by atoms with Gasteiger partial charge in [0.2, 0.25) is 5.76 Å². The van der Waals surface area contributed by atoms with E-state index in [1.54, 1.807) is 17.4 Å². The number of fused-ring (bicyclic) bond motifs is 1. The molecule has 1 aliphatic heterocycles. The van der Waals surface area contributed by atoms with Crippen LogP contribution < -0.4 is 0 Å². The van der Waals surface area contributed by atoms with Gasteiger partial charge in [0.25, 0.3) is 5.91 Å². The lowest BCUT2D eigenvalue weighted by Gasteiger charge is -2.24. The summed E-state index contributed by atoms with van der Waals surface area (Å²) in [5.41, 5.74) is 3.28. The first-order valence-corrected chi connectivity index (χ1v) is 11.1. The van der Waals surface area contributed by atoms with Crippen LogP contribution in [0.4, 0.5) is 0 Å². The van der Waals surface area contributed by atoms with Crippen LogP contribution in [-0.2, 0) is 0 Å². The molecule has 7 heteroatoms. The van der Waals surface area contributed by atoms with Crippen LogP contribution in [0.2, 0.25) is 0 Å². The molecule has 0 aromatic carbocycles. The summed E-state index contributed by atoms with van der Waals surface area (Å²) in [4.78, 5) is 21.1. The summed E-state index contributed by atoms with van der Waals surface area (Å²) in [6, 6.07) is 1.78. The van der Waals surface area contributed by atoms with Gasteiger partial charge in [-0.25, -0.2) is 4.98 Å². The van der Waals surface area contributed by atoms with E-state index in [0.717, 1.165) is 18.7 Å². The summed E-state index contributed by atoms with van der Waals surface area (Å²) in [7, 11) is 0. The van der Waals surface area contributed by atoms with Crippen LogP contribution in [0.3, 0.4) is 0 Å². The number of nitrogens with zero attached hydrogens (tertiary/aromatic N) is 4. The lowest BCUT2D eigenvalue weighted by molar-refractivity contribution is 0.0749. The number of carbonyl (C=O) groups is 1. The Kier molecular flexibility index (Phi) is 4.30. The standard InChI is InChI=1S/C21H26N4O2S/c1-12(2)16-9-17(27-23-16)20(26)24-8-7-15(10-24)18-21-25(13(3)11-28-21)19(22-18)14-5-4-6-14/h9,11-12,14-15H,4-8,10H2,1-3H3. The van der Waals surface area contributed by atoms with E-state index in [9.17, 15) is 4.79 Å². The van der Waals surface area contributed by atoms with Gasteiger partial charge >= 0.3 is 0 Å². The van der Waals surface area contributed by atoms with E-state index in [-0.39, 0.29) is 11.8 Å². The summed E-state index contributed by atoms with van der Waals surface area (Å²) in [5.74, 6) is 2.66. The topological polar surface area (TPSA) is 63.6 Å². The number of aryl methyl sites for hydroxylation is 1. The Morgan fingerprint density at radius 3 is 2.79 bits per heavy atom. The summed E-state index contributed by atoms with van der Waals surface area (Å²) in [5, 5.41) is 6.26. The van der Waals surface area contributed by atoms with Gasteiger partial charge in [-0.15, -0.1) is 11.3 Å². The van der Waals surface area contributed by atoms with E-state index >= 15 is 0 Å².